The lowest BCUT2D eigenvalue weighted by atomic mass is 9.85. The molecule has 1 fully saturated rings. The molecule has 0 amide bonds. The van der Waals surface area contributed by atoms with E-state index < -0.39 is 0 Å². The maximum atomic E-state index is 6.13. The molecule has 1 aromatic rings. The van der Waals surface area contributed by atoms with E-state index in [1.54, 1.807) is 0 Å². The summed E-state index contributed by atoms with van der Waals surface area (Å²) in [5, 5.41) is 0. The number of nitrogens with zero attached hydrogens (tertiary/aromatic N) is 1. The standard InChI is InChI=1S/C15H24N2O/c1-12-6-4-5-7-13(12)8-17(3)10-15(2)11-18-9-14(15)16/h4-7,14H,8-11,16H2,1-3H3. The molecule has 1 aliphatic heterocycles. The third kappa shape index (κ3) is 2.91. The van der Waals surface area contributed by atoms with Crippen LogP contribution < -0.4 is 5.73 Å². The van der Waals surface area contributed by atoms with Crippen LogP contribution in [0.3, 0.4) is 0 Å². The molecule has 0 bridgehead atoms. The van der Waals surface area contributed by atoms with Gasteiger partial charge in [-0.05, 0) is 25.1 Å². The fourth-order valence-electron chi connectivity index (χ4n) is 2.64. The van der Waals surface area contributed by atoms with Crippen molar-refractivity contribution in [2.75, 3.05) is 26.8 Å². The van der Waals surface area contributed by atoms with Crippen LogP contribution >= 0.6 is 0 Å². The number of hydrogen-bond acceptors (Lipinski definition) is 3. The van der Waals surface area contributed by atoms with E-state index in [-0.39, 0.29) is 11.5 Å². The summed E-state index contributed by atoms with van der Waals surface area (Å²) in [6.07, 6.45) is 0. The van der Waals surface area contributed by atoms with Crippen LogP contribution in [0.2, 0.25) is 0 Å². The lowest BCUT2D eigenvalue weighted by molar-refractivity contribution is 0.128. The van der Waals surface area contributed by atoms with Crippen molar-refractivity contribution in [3.63, 3.8) is 0 Å². The van der Waals surface area contributed by atoms with E-state index in [0.717, 1.165) is 19.7 Å². The third-order valence-corrected chi connectivity index (χ3v) is 3.96. The van der Waals surface area contributed by atoms with Gasteiger partial charge >= 0.3 is 0 Å². The first-order chi connectivity index (χ1) is 8.51. The molecule has 2 rings (SSSR count). The van der Waals surface area contributed by atoms with Gasteiger partial charge in [-0.1, -0.05) is 31.2 Å². The Balaban J connectivity index is 1.97. The van der Waals surface area contributed by atoms with E-state index in [1.807, 2.05) is 0 Å². The lowest BCUT2D eigenvalue weighted by Crippen LogP contribution is -2.45. The van der Waals surface area contributed by atoms with Crippen molar-refractivity contribution >= 4 is 0 Å². The van der Waals surface area contributed by atoms with Gasteiger partial charge in [-0.2, -0.15) is 0 Å². The van der Waals surface area contributed by atoms with Crippen molar-refractivity contribution in [3.05, 3.63) is 35.4 Å². The van der Waals surface area contributed by atoms with Crippen molar-refractivity contribution in [1.82, 2.24) is 4.90 Å². The fraction of sp³-hybridized carbons (Fsp3) is 0.600. The molecule has 1 heterocycles. The maximum absolute atomic E-state index is 6.13. The van der Waals surface area contributed by atoms with Gasteiger partial charge in [-0.15, -0.1) is 0 Å². The number of hydrogen-bond donors (Lipinski definition) is 1. The minimum absolute atomic E-state index is 0.0808. The van der Waals surface area contributed by atoms with Crippen molar-refractivity contribution in [2.24, 2.45) is 11.1 Å². The Hall–Kier alpha value is -0.900. The van der Waals surface area contributed by atoms with Gasteiger partial charge in [0.25, 0.3) is 0 Å². The smallest absolute Gasteiger partial charge is 0.0624 e. The van der Waals surface area contributed by atoms with Gasteiger partial charge in [0, 0.05) is 24.5 Å². The molecular weight excluding hydrogens is 224 g/mol. The zero-order chi connectivity index (χ0) is 13.2. The minimum atomic E-state index is 0.0808. The van der Waals surface area contributed by atoms with Gasteiger partial charge in [-0.3, -0.25) is 0 Å². The average Bonchev–Trinajstić information content (AvgIpc) is 2.62. The van der Waals surface area contributed by atoms with Gasteiger partial charge < -0.3 is 15.4 Å². The number of aryl methyl sites for hydroxylation is 1. The molecule has 0 saturated carbocycles. The Morgan fingerprint density at radius 2 is 2.17 bits per heavy atom. The van der Waals surface area contributed by atoms with Crippen LogP contribution in [0.25, 0.3) is 0 Å². The second-order valence-corrected chi connectivity index (χ2v) is 5.87. The topological polar surface area (TPSA) is 38.5 Å². The molecule has 2 unspecified atom stereocenters. The molecule has 1 aliphatic rings. The number of rotatable bonds is 4. The second-order valence-electron chi connectivity index (χ2n) is 5.87. The summed E-state index contributed by atoms with van der Waals surface area (Å²) in [4.78, 5) is 2.34. The molecular formula is C15H24N2O. The molecule has 1 saturated heterocycles. The van der Waals surface area contributed by atoms with E-state index in [9.17, 15) is 0 Å². The average molecular weight is 248 g/mol. The minimum Gasteiger partial charge on any atom is -0.379 e. The Kier molecular flexibility index (Phi) is 4.05. The fourth-order valence-corrected chi connectivity index (χ4v) is 2.64. The molecule has 0 aromatic heterocycles. The zero-order valence-corrected chi connectivity index (χ0v) is 11.6. The van der Waals surface area contributed by atoms with Gasteiger partial charge in [-0.25, -0.2) is 0 Å². The highest BCUT2D eigenvalue weighted by Crippen LogP contribution is 2.28. The van der Waals surface area contributed by atoms with E-state index >= 15 is 0 Å². The molecule has 3 heteroatoms. The summed E-state index contributed by atoms with van der Waals surface area (Å²) < 4.78 is 5.50. The predicted molar refractivity (Wildman–Crippen MR) is 74.4 cm³/mol. The quantitative estimate of drug-likeness (QED) is 0.883. The highest BCUT2D eigenvalue weighted by Gasteiger charge is 2.38. The van der Waals surface area contributed by atoms with Crippen LogP contribution in [0.4, 0.5) is 0 Å². The normalized spacial score (nSPS) is 27.9. The summed E-state index contributed by atoms with van der Waals surface area (Å²) in [5.41, 5.74) is 8.95. The summed E-state index contributed by atoms with van der Waals surface area (Å²) >= 11 is 0. The zero-order valence-electron chi connectivity index (χ0n) is 11.6. The molecule has 100 valence electrons. The Morgan fingerprint density at radius 3 is 2.78 bits per heavy atom. The van der Waals surface area contributed by atoms with E-state index in [2.05, 4.69) is 50.1 Å². The molecule has 0 aliphatic carbocycles. The van der Waals surface area contributed by atoms with Gasteiger partial charge in [0.15, 0.2) is 0 Å². The Bertz CT molecular complexity index is 407. The van der Waals surface area contributed by atoms with E-state index in [1.165, 1.54) is 11.1 Å². The predicted octanol–water partition coefficient (Wildman–Crippen LogP) is 1.79. The van der Waals surface area contributed by atoms with Crippen molar-refractivity contribution in [3.8, 4) is 0 Å². The van der Waals surface area contributed by atoms with Crippen LogP contribution in [0.15, 0.2) is 24.3 Å². The van der Waals surface area contributed by atoms with Crippen molar-refractivity contribution in [1.29, 1.82) is 0 Å². The molecule has 2 atom stereocenters. The highest BCUT2D eigenvalue weighted by molar-refractivity contribution is 5.25. The number of benzene rings is 1. The summed E-state index contributed by atoms with van der Waals surface area (Å²) in [7, 11) is 2.16. The summed E-state index contributed by atoms with van der Waals surface area (Å²) in [6.45, 7) is 7.78. The van der Waals surface area contributed by atoms with Crippen molar-refractivity contribution < 1.29 is 4.74 Å². The lowest BCUT2D eigenvalue weighted by Gasteiger charge is -2.32. The first kappa shape index (κ1) is 13.5. The van der Waals surface area contributed by atoms with E-state index in [0.29, 0.717) is 6.61 Å². The SMILES string of the molecule is Cc1ccccc1CN(C)CC1(C)COCC1N. The van der Waals surface area contributed by atoms with Crippen LogP contribution in [0, 0.1) is 12.3 Å². The summed E-state index contributed by atoms with van der Waals surface area (Å²) in [6, 6.07) is 8.69. The Morgan fingerprint density at radius 1 is 1.44 bits per heavy atom. The van der Waals surface area contributed by atoms with Crippen LogP contribution in [0.1, 0.15) is 18.1 Å². The number of ether oxygens (including phenoxy) is 1. The maximum Gasteiger partial charge on any atom is 0.0624 e. The molecule has 1 aromatic carbocycles. The molecule has 2 N–H and O–H groups in total. The van der Waals surface area contributed by atoms with Crippen LogP contribution in [-0.4, -0.2) is 37.7 Å². The van der Waals surface area contributed by atoms with E-state index in [4.69, 9.17) is 10.5 Å². The second kappa shape index (κ2) is 5.39. The first-order valence-electron chi connectivity index (χ1n) is 6.58. The largest absolute Gasteiger partial charge is 0.379 e. The highest BCUT2D eigenvalue weighted by atomic mass is 16.5. The molecule has 0 spiro atoms. The number of nitrogens with two attached hydrogens (primary N) is 1. The first-order valence-corrected chi connectivity index (χ1v) is 6.58. The Labute approximate surface area is 110 Å². The monoisotopic (exact) mass is 248 g/mol. The van der Waals surface area contributed by atoms with Crippen molar-refractivity contribution in [2.45, 2.75) is 26.4 Å². The van der Waals surface area contributed by atoms with Gasteiger partial charge in [0.2, 0.25) is 0 Å². The van der Waals surface area contributed by atoms with Gasteiger partial charge in [0.05, 0.1) is 13.2 Å². The van der Waals surface area contributed by atoms with Crippen LogP contribution in [-0.2, 0) is 11.3 Å². The summed E-state index contributed by atoms with van der Waals surface area (Å²) in [5.74, 6) is 0. The van der Waals surface area contributed by atoms with Crippen LogP contribution in [0.5, 0.6) is 0 Å². The molecule has 3 nitrogen and oxygen atoms in total. The third-order valence-electron chi connectivity index (χ3n) is 3.96. The molecule has 0 radical (unpaired) electrons. The van der Waals surface area contributed by atoms with Gasteiger partial charge in [0.1, 0.15) is 0 Å². The molecule has 18 heavy (non-hydrogen) atoms.